The lowest BCUT2D eigenvalue weighted by Crippen LogP contribution is -2.41. The van der Waals surface area contributed by atoms with Crippen LogP contribution < -0.4 is 5.32 Å². The third-order valence-electron chi connectivity index (χ3n) is 2.35. The third-order valence-corrected chi connectivity index (χ3v) is 2.35. The van der Waals surface area contributed by atoms with E-state index in [-0.39, 0.29) is 24.3 Å². The Hall–Kier alpha value is -0.900. The highest BCUT2D eigenvalue weighted by atomic mass is 16.5. The van der Waals surface area contributed by atoms with E-state index in [9.17, 15) is 9.59 Å². The third kappa shape index (κ3) is 3.46. The van der Waals surface area contributed by atoms with Gasteiger partial charge in [0.25, 0.3) is 0 Å². The normalized spacial score (nSPS) is 22.1. The standard InChI is InChI=1S/C10H17NO3/c1-2-14-10(13)7-11-8-5-3-4-6-9(8)12/h8,11H,2-7H2,1H3. The predicted octanol–water partition coefficient (Wildman–Crippen LogP) is 0.651. The molecule has 4 heteroatoms. The molecule has 0 heterocycles. The lowest BCUT2D eigenvalue weighted by Gasteiger charge is -2.20. The van der Waals surface area contributed by atoms with Gasteiger partial charge in [-0.1, -0.05) is 6.42 Å². The molecule has 1 atom stereocenters. The first-order valence-electron chi connectivity index (χ1n) is 5.15. The molecular formula is C10H17NO3. The zero-order valence-corrected chi connectivity index (χ0v) is 8.54. The predicted molar refractivity (Wildman–Crippen MR) is 51.9 cm³/mol. The summed E-state index contributed by atoms with van der Waals surface area (Å²) in [7, 11) is 0. The summed E-state index contributed by atoms with van der Waals surface area (Å²) in [4.78, 5) is 22.3. The first kappa shape index (κ1) is 11.2. The van der Waals surface area contributed by atoms with Gasteiger partial charge in [0.1, 0.15) is 5.78 Å². The fraction of sp³-hybridized carbons (Fsp3) is 0.800. The highest BCUT2D eigenvalue weighted by Gasteiger charge is 2.22. The molecule has 1 unspecified atom stereocenters. The fourth-order valence-corrected chi connectivity index (χ4v) is 1.62. The number of hydrogen-bond donors (Lipinski definition) is 1. The molecule has 0 bridgehead atoms. The molecule has 1 aliphatic rings. The van der Waals surface area contributed by atoms with Gasteiger partial charge in [-0.25, -0.2) is 0 Å². The Bertz CT molecular complexity index is 215. The molecule has 80 valence electrons. The first-order chi connectivity index (χ1) is 6.74. The van der Waals surface area contributed by atoms with Crippen LogP contribution in [0, 0.1) is 0 Å². The van der Waals surface area contributed by atoms with Gasteiger partial charge in [0.05, 0.1) is 19.2 Å². The second-order valence-electron chi connectivity index (χ2n) is 3.45. The van der Waals surface area contributed by atoms with E-state index in [0.29, 0.717) is 13.0 Å². The SMILES string of the molecule is CCOC(=O)CNC1CCCCC1=O. The fourth-order valence-electron chi connectivity index (χ4n) is 1.62. The molecule has 0 radical (unpaired) electrons. The van der Waals surface area contributed by atoms with Crippen molar-refractivity contribution in [2.24, 2.45) is 0 Å². The molecule has 0 aromatic rings. The van der Waals surface area contributed by atoms with Crippen LogP contribution in [0.25, 0.3) is 0 Å². The zero-order valence-electron chi connectivity index (χ0n) is 8.54. The quantitative estimate of drug-likeness (QED) is 0.675. The minimum atomic E-state index is -0.286. The van der Waals surface area contributed by atoms with Gasteiger partial charge in [0.2, 0.25) is 0 Å². The van der Waals surface area contributed by atoms with Gasteiger partial charge in [-0.2, -0.15) is 0 Å². The number of hydrogen-bond acceptors (Lipinski definition) is 4. The van der Waals surface area contributed by atoms with Gasteiger partial charge >= 0.3 is 5.97 Å². The van der Waals surface area contributed by atoms with Crippen LogP contribution in [0.5, 0.6) is 0 Å². The second kappa shape index (κ2) is 5.75. The van der Waals surface area contributed by atoms with Crippen molar-refractivity contribution in [2.75, 3.05) is 13.2 Å². The molecule has 1 N–H and O–H groups in total. The molecular weight excluding hydrogens is 182 g/mol. The highest BCUT2D eigenvalue weighted by molar-refractivity contribution is 5.85. The maximum atomic E-state index is 11.4. The van der Waals surface area contributed by atoms with Crippen LogP contribution >= 0.6 is 0 Å². The summed E-state index contributed by atoms with van der Waals surface area (Å²) in [5, 5.41) is 2.93. The van der Waals surface area contributed by atoms with Crippen LogP contribution in [-0.4, -0.2) is 30.9 Å². The Labute approximate surface area is 84.0 Å². The highest BCUT2D eigenvalue weighted by Crippen LogP contribution is 2.13. The lowest BCUT2D eigenvalue weighted by molar-refractivity contribution is -0.142. The maximum absolute atomic E-state index is 11.4. The van der Waals surface area contributed by atoms with Crippen molar-refractivity contribution in [2.45, 2.75) is 38.6 Å². The Kier molecular flexibility index (Phi) is 4.59. The lowest BCUT2D eigenvalue weighted by atomic mass is 9.94. The average molecular weight is 199 g/mol. The summed E-state index contributed by atoms with van der Waals surface area (Å²) in [6.07, 6.45) is 3.53. The molecule has 0 aromatic heterocycles. The molecule has 1 fully saturated rings. The topological polar surface area (TPSA) is 55.4 Å². The molecule has 0 amide bonds. The van der Waals surface area contributed by atoms with Gasteiger partial charge in [-0.15, -0.1) is 0 Å². The van der Waals surface area contributed by atoms with Crippen LogP contribution in [0.3, 0.4) is 0 Å². The number of carbonyl (C=O) groups is 2. The summed E-state index contributed by atoms with van der Waals surface area (Å²) in [5.74, 6) is -0.0635. The molecule has 0 spiro atoms. The molecule has 0 aromatic carbocycles. The maximum Gasteiger partial charge on any atom is 0.319 e. The van der Waals surface area contributed by atoms with E-state index in [4.69, 9.17) is 4.74 Å². The van der Waals surface area contributed by atoms with E-state index in [1.54, 1.807) is 6.92 Å². The van der Waals surface area contributed by atoms with Crippen LogP contribution in [0.1, 0.15) is 32.6 Å². The van der Waals surface area contributed by atoms with Crippen molar-refractivity contribution in [3.05, 3.63) is 0 Å². The Balaban J connectivity index is 2.22. The van der Waals surface area contributed by atoms with Gasteiger partial charge in [-0.05, 0) is 19.8 Å². The molecule has 0 aliphatic heterocycles. The molecule has 1 saturated carbocycles. The van der Waals surface area contributed by atoms with Crippen molar-refractivity contribution in [1.29, 1.82) is 0 Å². The number of esters is 1. The van der Waals surface area contributed by atoms with Crippen LogP contribution in [0.15, 0.2) is 0 Å². The molecule has 14 heavy (non-hydrogen) atoms. The smallest absolute Gasteiger partial charge is 0.319 e. The monoisotopic (exact) mass is 199 g/mol. The van der Waals surface area contributed by atoms with Crippen molar-refractivity contribution in [1.82, 2.24) is 5.32 Å². The van der Waals surface area contributed by atoms with E-state index in [1.165, 1.54) is 0 Å². The summed E-state index contributed by atoms with van der Waals surface area (Å²) in [6, 6.07) is -0.131. The first-order valence-corrected chi connectivity index (χ1v) is 5.15. The van der Waals surface area contributed by atoms with E-state index < -0.39 is 0 Å². The number of nitrogens with one attached hydrogen (secondary N) is 1. The Morgan fingerprint density at radius 3 is 3.00 bits per heavy atom. The van der Waals surface area contributed by atoms with E-state index in [1.807, 2.05) is 0 Å². The number of carbonyl (C=O) groups excluding carboxylic acids is 2. The Morgan fingerprint density at radius 2 is 2.36 bits per heavy atom. The van der Waals surface area contributed by atoms with Crippen LogP contribution in [-0.2, 0) is 14.3 Å². The van der Waals surface area contributed by atoms with E-state index in [0.717, 1.165) is 19.3 Å². The summed E-state index contributed by atoms with van der Waals surface area (Å²) in [6.45, 7) is 2.30. The molecule has 4 nitrogen and oxygen atoms in total. The van der Waals surface area contributed by atoms with Gasteiger partial charge in [-0.3, -0.25) is 14.9 Å². The van der Waals surface area contributed by atoms with Crippen molar-refractivity contribution < 1.29 is 14.3 Å². The molecule has 1 aliphatic carbocycles. The summed E-state index contributed by atoms with van der Waals surface area (Å²) in [5.41, 5.74) is 0. The van der Waals surface area contributed by atoms with Crippen molar-refractivity contribution >= 4 is 11.8 Å². The molecule has 1 rings (SSSR count). The largest absolute Gasteiger partial charge is 0.465 e. The summed E-state index contributed by atoms with van der Waals surface area (Å²) < 4.78 is 4.76. The number of ether oxygens (including phenoxy) is 1. The zero-order chi connectivity index (χ0) is 10.4. The van der Waals surface area contributed by atoms with Gasteiger partial charge < -0.3 is 4.74 Å². The Morgan fingerprint density at radius 1 is 1.57 bits per heavy atom. The van der Waals surface area contributed by atoms with Crippen LogP contribution in [0.2, 0.25) is 0 Å². The average Bonchev–Trinajstić information content (AvgIpc) is 2.17. The minimum absolute atomic E-state index is 0.131. The van der Waals surface area contributed by atoms with Gasteiger partial charge in [0, 0.05) is 6.42 Å². The number of ketones is 1. The second-order valence-corrected chi connectivity index (χ2v) is 3.45. The van der Waals surface area contributed by atoms with E-state index in [2.05, 4.69) is 5.32 Å². The summed E-state index contributed by atoms with van der Waals surface area (Å²) >= 11 is 0. The van der Waals surface area contributed by atoms with Gasteiger partial charge in [0.15, 0.2) is 0 Å². The van der Waals surface area contributed by atoms with E-state index >= 15 is 0 Å². The molecule has 0 saturated heterocycles. The number of Topliss-reactive ketones (excluding diaryl/α,β-unsaturated/α-hetero) is 1. The minimum Gasteiger partial charge on any atom is -0.465 e. The number of rotatable bonds is 4. The van der Waals surface area contributed by atoms with Crippen molar-refractivity contribution in [3.8, 4) is 0 Å². The van der Waals surface area contributed by atoms with Crippen molar-refractivity contribution in [3.63, 3.8) is 0 Å². The van der Waals surface area contributed by atoms with Crippen LogP contribution in [0.4, 0.5) is 0 Å².